The predicted molar refractivity (Wildman–Crippen MR) is 376 cm³/mol. The fraction of sp³-hybridized carbons (Fsp3) is 0.289. The van der Waals surface area contributed by atoms with Crippen LogP contribution in [0.1, 0.15) is 173 Å². The van der Waals surface area contributed by atoms with Crippen molar-refractivity contribution in [2.24, 2.45) is 0 Å². The maximum Gasteiger partial charge on any atom is 0.234 e. The van der Waals surface area contributed by atoms with Gasteiger partial charge in [0.1, 0.15) is 0 Å². The van der Waals surface area contributed by atoms with Gasteiger partial charge in [-0.15, -0.1) is 0 Å². The van der Waals surface area contributed by atoms with Gasteiger partial charge in [0.15, 0.2) is 0 Å². The Labute approximate surface area is 506 Å². The first-order valence-electron chi connectivity index (χ1n) is 31.2. The first-order chi connectivity index (χ1) is 41.4. The molecule has 0 amide bonds. The Bertz CT molecular complexity index is 3290. The second-order valence-electron chi connectivity index (χ2n) is 15.2. The molecule has 3 aliphatic carbocycles. The second kappa shape index (κ2) is 42.2. The van der Waals surface area contributed by atoms with Crippen LogP contribution in [0.25, 0.3) is 99.4 Å². The minimum atomic E-state index is -0.378. The number of nitrogens with zero attached hydrogens (tertiary/aromatic N) is 4. The maximum atomic E-state index is 11.5. The van der Waals surface area contributed by atoms with E-state index in [1.165, 1.54) is 43.8 Å². The van der Waals surface area contributed by atoms with Crippen molar-refractivity contribution in [2.45, 2.75) is 152 Å². The van der Waals surface area contributed by atoms with E-state index in [1.54, 1.807) is 36.4 Å². The number of Topliss-reactive ketones (excluding diaryl/α,β-unsaturated/α-hetero) is 2. The molecular formula is C76H100N6O2. The van der Waals surface area contributed by atoms with Crippen molar-refractivity contribution < 1.29 is 9.59 Å². The summed E-state index contributed by atoms with van der Waals surface area (Å²) in [5, 5.41) is 6.83. The summed E-state index contributed by atoms with van der Waals surface area (Å²) < 4.78 is 0. The lowest BCUT2D eigenvalue weighted by molar-refractivity contribution is 0.0825. The quantitative estimate of drug-likeness (QED) is 0.113. The number of ketones is 2. The Morgan fingerprint density at radius 3 is 0.607 bits per heavy atom. The smallest absolute Gasteiger partial charge is 0.234 e. The van der Waals surface area contributed by atoms with Gasteiger partial charge in [0, 0.05) is 49.5 Å². The van der Waals surface area contributed by atoms with E-state index in [0.29, 0.717) is 22.5 Å². The van der Waals surface area contributed by atoms with Crippen LogP contribution in [0.4, 0.5) is 11.4 Å². The molecule has 446 valence electrons. The number of nitrogens with two attached hydrogens (primary N) is 2. The molecule has 0 aliphatic heterocycles. The molecular weight excluding hydrogens is 1030 g/mol. The third-order valence-corrected chi connectivity index (χ3v) is 11.6. The van der Waals surface area contributed by atoms with Crippen LogP contribution in [0, 0.1) is 0 Å². The Morgan fingerprint density at radius 2 is 0.405 bits per heavy atom. The first kappa shape index (κ1) is 75.4. The van der Waals surface area contributed by atoms with Gasteiger partial charge in [-0.25, -0.2) is 19.9 Å². The normalized spacial score (nSPS) is 9.69. The van der Waals surface area contributed by atoms with E-state index >= 15 is 0 Å². The van der Waals surface area contributed by atoms with Crippen molar-refractivity contribution in [3.63, 3.8) is 0 Å². The topological polar surface area (TPSA) is 138 Å². The van der Waals surface area contributed by atoms with Crippen LogP contribution in [-0.2, 0) is 0 Å². The minimum absolute atomic E-state index is 0.378. The van der Waals surface area contributed by atoms with E-state index in [4.69, 9.17) is 31.4 Å². The summed E-state index contributed by atoms with van der Waals surface area (Å²) in [7, 11) is 0. The zero-order valence-electron chi connectivity index (χ0n) is 55.1. The predicted octanol–water partition coefficient (Wildman–Crippen LogP) is 23.2. The van der Waals surface area contributed by atoms with E-state index in [2.05, 4.69) is 72.8 Å². The number of benzene rings is 9. The molecule has 0 bridgehead atoms. The SMILES string of the molecule is CC.CC.CC.CC.CC.CC.CC.CC.CC.CC.CC.Nc1ccccc1N.O=C1C(=O)c2cccc3cccc1c23.c1cc2c3c(cccc3c1)-c1nc3ccccc3nc1-2.c1cc2c3c(cccc3c1)-c1nc3ccccc3nc1-2. The lowest BCUT2D eigenvalue weighted by Gasteiger charge is -2.02. The van der Waals surface area contributed by atoms with Crippen LogP contribution in [0.5, 0.6) is 0 Å². The molecule has 3 aliphatic rings. The number of fused-ring (bicyclic) bond motifs is 8. The Kier molecular flexibility index (Phi) is 37.9. The molecule has 0 fully saturated rings. The molecule has 84 heavy (non-hydrogen) atoms. The molecule has 9 aromatic carbocycles. The Balaban J connectivity index is 0.00000101. The van der Waals surface area contributed by atoms with Crippen molar-refractivity contribution in [3.8, 4) is 45.0 Å². The molecule has 14 rings (SSSR count). The average molecular weight is 1130 g/mol. The Morgan fingerprint density at radius 1 is 0.226 bits per heavy atom. The summed E-state index contributed by atoms with van der Waals surface area (Å²) in [6.07, 6.45) is 0. The number of hydrogen-bond acceptors (Lipinski definition) is 8. The summed E-state index contributed by atoms with van der Waals surface area (Å²) in [4.78, 5) is 42.4. The number of anilines is 2. The molecule has 0 radical (unpaired) electrons. The fourth-order valence-electron chi connectivity index (χ4n) is 8.70. The van der Waals surface area contributed by atoms with Gasteiger partial charge in [0.25, 0.3) is 0 Å². The van der Waals surface area contributed by atoms with E-state index in [0.717, 1.165) is 55.6 Å². The van der Waals surface area contributed by atoms with Gasteiger partial charge in [-0.3, -0.25) is 9.59 Å². The van der Waals surface area contributed by atoms with Crippen LogP contribution in [0.2, 0.25) is 0 Å². The van der Waals surface area contributed by atoms with E-state index in [-0.39, 0.29) is 11.6 Å². The lowest BCUT2D eigenvalue weighted by atomic mass is 10.0. The highest BCUT2D eigenvalue weighted by atomic mass is 16.2. The number of rotatable bonds is 0. The van der Waals surface area contributed by atoms with Crippen molar-refractivity contribution in [1.82, 2.24) is 19.9 Å². The molecule has 0 atom stereocenters. The molecule has 11 aromatic rings. The second-order valence-corrected chi connectivity index (χ2v) is 15.2. The summed E-state index contributed by atoms with van der Waals surface area (Å²) >= 11 is 0. The average Bonchev–Trinajstić information content (AvgIpc) is 1.97. The molecule has 0 saturated heterocycles. The molecule has 8 heteroatoms. The standard InChI is InChI=1S/2C18H10N2.C12H6O2.C6H8N2.11C2H6/c2*1-2-10-15-14(9-1)19-17-12-7-3-5-11-6-4-8-13(16(11)12)18(17)20-15;13-11-8-5-1-3-7-4-2-6-9(10(7)8)12(11)14;7-5-3-1-2-4-6(5)8;11*1-2/h2*1-10H;1-6H;1-4H,7-8H2;11*1-2H3. The maximum absolute atomic E-state index is 11.5. The van der Waals surface area contributed by atoms with Gasteiger partial charge < -0.3 is 11.5 Å². The minimum Gasteiger partial charge on any atom is -0.397 e. The van der Waals surface area contributed by atoms with Crippen molar-refractivity contribution in [2.75, 3.05) is 11.5 Å². The largest absolute Gasteiger partial charge is 0.397 e. The van der Waals surface area contributed by atoms with Gasteiger partial charge in [0.05, 0.1) is 56.2 Å². The lowest BCUT2D eigenvalue weighted by Crippen LogP contribution is -2.05. The number of hydrogen-bond donors (Lipinski definition) is 2. The van der Waals surface area contributed by atoms with Gasteiger partial charge in [-0.2, -0.15) is 0 Å². The highest BCUT2D eigenvalue weighted by Gasteiger charge is 2.30. The van der Waals surface area contributed by atoms with Gasteiger partial charge >= 0.3 is 0 Å². The first-order valence-corrected chi connectivity index (χ1v) is 31.2. The zero-order chi connectivity index (χ0) is 63.9. The third-order valence-electron chi connectivity index (χ3n) is 11.6. The number of carbonyl (C=O) groups excluding carboxylic acids is 2. The van der Waals surface area contributed by atoms with Crippen molar-refractivity contribution >= 4 is 77.3 Å². The van der Waals surface area contributed by atoms with Crippen LogP contribution >= 0.6 is 0 Å². The highest BCUT2D eigenvalue weighted by molar-refractivity contribution is 6.57. The zero-order valence-corrected chi connectivity index (χ0v) is 55.1. The summed E-state index contributed by atoms with van der Waals surface area (Å²) in [5.41, 5.74) is 25.8. The van der Waals surface area contributed by atoms with E-state index in [1.807, 2.05) is 225 Å². The summed E-state index contributed by atoms with van der Waals surface area (Å²) in [6, 6.07) is 59.7. The number of nitrogen functional groups attached to an aromatic ring is 2. The van der Waals surface area contributed by atoms with Crippen LogP contribution in [0.3, 0.4) is 0 Å². The number of para-hydroxylation sites is 6. The van der Waals surface area contributed by atoms with Gasteiger partial charge in [0.2, 0.25) is 11.6 Å². The van der Waals surface area contributed by atoms with Crippen molar-refractivity contribution in [3.05, 3.63) is 193 Å². The van der Waals surface area contributed by atoms with E-state index in [9.17, 15) is 9.59 Å². The van der Waals surface area contributed by atoms with Crippen LogP contribution < -0.4 is 11.5 Å². The molecule has 4 N–H and O–H groups in total. The summed E-state index contributed by atoms with van der Waals surface area (Å²) in [6.45, 7) is 44.0. The van der Waals surface area contributed by atoms with Crippen molar-refractivity contribution in [1.29, 1.82) is 0 Å². The number of aromatic nitrogens is 4. The fourth-order valence-corrected chi connectivity index (χ4v) is 8.70. The van der Waals surface area contributed by atoms with Crippen LogP contribution in [-0.4, -0.2) is 31.5 Å². The molecule has 2 heterocycles. The molecule has 2 aromatic heterocycles. The van der Waals surface area contributed by atoms with Gasteiger partial charge in [-0.1, -0.05) is 298 Å². The summed E-state index contributed by atoms with van der Waals surface area (Å²) in [5.74, 6) is -0.756. The highest BCUT2D eigenvalue weighted by Crippen LogP contribution is 2.47. The molecule has 8 nitrogen and oxygen atoms in total. The van der Waals surface area contributed by atoms with Gasteiger partial charge in [-0.05, 0) is 52.6 Å². The Hall–Kier alpha value is -8.62. The molecule has 0 unspecified atom stereocenters. The molecule has 0 spiro atoms. The number of carbonyl (C=O) groups is 2. The van der Waals surface area contributed by atoms with Crippen LogP contribution in [0.15, 0.2) is 182 Å². The monoisotopic (exact) mass is 1130 g/mol. The molecule has 0 saturated carbocycles. The third kappa shape index (κ3) is 17.5. The van der Waals surface area contributed by atoms with E-state index < -0.39 is 0 Å².